The van der Waals surface area contributed by atoms with Crippen molar-refractivity contribution in [2.24, 2.45) is 0 Å². The second kappa shape index (κ2) is 6.54. The van der Waals surface area contributed by atoms with Crippen molar-refractivity contribution < 1.29 is 4.79 Å². The molecule has 0 radical (unpaired) electrons. The molecule has 1 aliphatic carbocycles. The number of nitrogens with one attached hydrogen (secondary N) is 2. The molecule has 2 N–H and O–H groups in total. The van der Waals surface area contributed by atoms with Crippen LogP contribution in [0.5, 0.6) is 0 Å². The van der Waals surface area contributed by atoms with Crippen LogP contribution in [0.4, 0.5) is 10.5 Å². The maximum Gasteiger partial charge on any atom is 0.319 e. The van der Waals surface area contributed by atoms with Gasteiger partial charge in [-0.3, -0.25) is 0 Å². The lowest BCUT2D eigenvalue weighted by Gasteiger charge is -2.17. The molecule has 0 atom stereocenters. The van der Waals surface area contributed by atoms with Crippen LogP contribution in [-0.2, 0) is 5.41 Å². The monoisotopic (exact) mass is 392 g/mol. The molecule has 1 aliphatic rings. The number of amides is 2. The molecule has 2 aromatic rings. The highest BCUT2D eigenvalue weighted by Crippen LogP contribution is 2.47. The Bertz CT molecular complexity index is 726. The minimum absolute atomic E-state index is 0.0662. The molecular weight excluding hydrogens is 376 g/mol. The van der Waals surface area contributed by atoms with Gasteiger partial charge in [0.2, 0.25) is 0 Å². The van der Waals surface area contributed by atoms with Crippen LogP contribution in [0.15, 0.2) is 46.9 Å². The van der Waals surface area contributed by atoms with Gasteiger partial charge in [0.25, 0.3) is 0 Å². The molecule has 1 saturated carbocycles. The molecule has 3 rings (SSSR count). The number of hydrogen-bond acceptors (Lipinski definition) is 1. The first kappa shape index (κ1) is 16.3. The number of hydrogen-bond donors (Lipinski definition) is 2. The number of rotatable bonds is 4. The van der Waals surface area contributed by atoms with Gasteiger partial charge in [0, 0.05) is 27.1 Å². The Morgan fingerprint density at radius 3 is 2.52 bits per heavy atom. The molecule has 23 heavy (non-hydrogen) atoms. The second-order valence-corrected chi connectivity index (χ2v) is 7.41. The predicted molar refractivity (Wildman–Crippen MR) is 98.3 cm³/mol. The summed E-state index contributed by atoms with van der Waals surface area (Å²) in [4.78, 5) is 12.2. The van der Waals surface area contributed by atoms with E-state index in [2.05, 4.69) is 26.6 Å². The van der Waals surface area contributed by atoms with E-state index in [1.165, 1.54) is 5.56 Å². The van der Waals surface area contributed by atoms with E-state index < -0.39 is 0 Å². The highest BCUT2D eigenvalue weighted by Gasteiger charge is 2.44. The van der Waals surface area contributed by atoms with Crippen molar-refractivity contribution in [1.82, 2.24) is 5.32 Å². The third-order valence-corrected chi connectivity index (χ3v) is 5.08. The summed E-state index contributed by atoms with van der Waals surface area (Å²) in [5, 5.41) is 6.64. The second-order valence-electron chi connectivity index (χ2n) is 6.05. The summed E-state index contributed by atoms with van der Waals surface area (Å²) in [6, 6.07) is 13.5. The number of halogens is 2. The molecule has 0 aliphatic heterocycles. The van der Waals surface area contributed by atoms with Crippen LogP contribution in [0.25, 0.3) is 0 Å². The Hall–Kier alpha value is -1.52. The summed E-state index contributed by atoms with van der Waals surface area (Å²) in [6.45, 7) is 2.60. The van der Waals surface area contributed by atoms with Crippen LogP contribution in [0.3, 0.4) is 0 Å². The van der Waals surface area contributed by atoms with Gasteiger partial charge in [0.15, 0.2) is 0 Å². The van der Waals surface area contributed by atoms with Gasteiger partial charge in [0.1, 0.15) is 0 Å². The fourth-order valence-corrected chi connectivity index (χ4v) is 3.31. The highest BCUT2D eigenvalue weighted by atomic mass is 79.9. The van der Waals surface area contributed by atoms with Crippen LogP contribution in [0, 0.1) is 6.92 Å². The van der Waals surface area contributed by atoms with Crippen LogP contribution < -0.4 is 10.6 Å². The molecule has 0 spiro atoms. The Balaban J connectivity index is 1.59. The van der Waals surface area contributed by atoms with Crippen LogP contribution in [-0.4, -0.2) is 12.6 Å². The van der Waals surface area contributed by atoms with E-state index >= 15 is 0 Å². The minimum atomic E-state index is -0.171. The van der Waals surface area contributed by atoms with Crippen LogP contribution in [0.1, 0.15) is 24.0 Å². The zero-order chi connectivity index (χ0) is 16.4. The van der Waals surface area contributed by atoms with Crippen molar-refractivity contribution in [2.75, 3.05) is 11.9 Å². The van der Waals surface area contributed by atoms with E-state index in [0.29, 0.717) is 6.54 Å². The Kier molecular flexibility index (Phi) is 4.64. The topological polar surface area (TPSA) is 41.1 Å². The predicted octanol–water partition coefficient (Wildman–Crippen LogP) is 5.26. The first-order valence-electron chi connectivity index (χ1n) is 7.56. The number of aryl methyl sites for hydroxylation is 1. The molecule has 1 fully saturated rings. The summed E-state index contributed by atoms with van der Waals surface area (Å²) in [6.07, 6.45) is 2.18. The normalized spacial score (nSPS) is 15.1. The number of urea groups is 1. The summed E-state index contributed by atoms with van der Waals surface area (Å²) < 4.78 is 1.00. The zero-order valence-electron chi connectivity index (χ0n) is 12.8. The molecule has 0 aromatic heterocycles. The maximum atomic E-state index is 12.2. The molecule has 5 heteroatoms. The first-order chi connectivity index (χ1) is 11.0. The average molecular weight is 394 g/mol. The maximum absolute atomic E-state index is 12.2. The third kappa shape index (κ3) is 3.88. The van der Waals surface area contributed by atoms with Crippen molar-refractivity contribution in [3.8, 4) is 0 Å². The lowest BCUT2D eigenvalue weighted by atomic mass is 9.96. The SMILES string of the molecule is Cc1cc(Br)ccc1NC(=O)NCC1(c2ccc(Cl)cc2)CC1. The van der Waals surface area contributed by atoms with E-state index in [1.807, 2.05) is 49.4 Å². The van der Waals surface area contributed by atoms with E-state index in [-0.39, 0.29) is 11.4 Å². The summed E-state index contributed by atoms with van der Waals surface area (Å²) in [5.74, 6) is 0. The van der Waals surface area contributed by atoms with Crippen molar-refractivity contribution in [3.63, 3.8) is 0 Å². The number of carbonyl (C=O) groups excluding carboxylic acids is 1. The third-order valence-electron chi connectivity index (χ3n) is 4.33. The number of anilines is 1. The van der Waals surface area contributed by atoms with Gasteiger partial charge in [-0.05, 0) is 61.2 Å². The van der Waals surface area contributed by atoms with Crippen molar-refractivity contribution in [1.29, 1.82) is 0 Å². The van der Waals surface area contributed by atoms with E-state index in [9.17, 15) is 4.79 Å². The van der Waals surface area contributed by atoms with Gasteiger partial charge < -0.3 is 10.6 Å². The molecule has 2 amide bonds. The minimum Gasteiger partial charge on any atom is -0.337 e. The van der Waals surface area contributed by atoms with E-state index in [4.69, 9.17) is 11.6 Å². The molecular formula is C18H18BrClN2O. The summed E-state index contributed by atoms with van der Waals surface area (Å²) >= 11 is 9.36. The fourth-order valence-electron chi connectivity index (χ4n) is 2.71. The quantitative estimate of drug-likeness (QED) is 0.730. The number of carbonyl (C=O) groups is 1. The molecule has 120 valence electrons. The Morgan fingerprint density at radius 1 is 1.22 bits per heavy atom. The molecule has 3 nitrogen and oxygen atoms in total. The Morgan fingerprint density at radius 2 is 1.91 bits per heavy atom. The highest BCUT2D eigenvalue weighted by molar-refractivity contribution is 9.10. The molecule has 2 aromatic carbocycles. The average Bonchev–Trinajstić information content (AvgIpc) is 3.30. The van der Waals surface area contributed by atoms with E-state index in [1.54, 1.807) is 0 Å². The smallest absolute Gasteiger partial charge is 0.319 e. The van der Waals surface area contributed by atoms with Crippen LogP contribution in [0.2, 0.25) is 5.02 Å². The molecule has 0 heterocycles. The summed E-state index contributed by atoms with van der Waals surface area (Å²) in [7, 11) is 0. The lowest BCUT2D eigenvalue weighted by Crippen LogP contribution is -2.35. The largest absolute Gasteiger partial charge is 0.337 e. The van der Waals surface area contributed by atoms with Crippen molar-refractivity contribution in [2.45, 2.75) is 25.2 Å². The van der Waals surface area contributed by atoms with E-state index in [0.717, 1.165) is 33.6 Å². The summed E-state index contributed by atoms with van der Waals surface area (Å²) in [5.41, 5.74) is 3.15. The molecule has 0 saturated heterocycles. The molecule has 0 unspecified atom stereocenters. The van der Waals surface area contributed by atoms with Gasteiger partial charge in [-0.15, -0.1) is 0 Å². The lowest BCUT2D eigenvalue weighted by molar-refractivity contribution is 0.251. The molecule has 0 bridgehead atoms. The van der Waals surface area contributed by atoms with Gasteiger partial charge in [-0.2, -0.15) is 0 Å². The van der Waals surface area contributed by atoms with Gasteiger partial charge >= 0.3 is 6.03 Å². The Labute approximate surface area is 149 Å². The van der Waals surface area contributed by atoms with Crippen molar-refractivity contribution in [3.05, 3.63) is 63.1 Å². The fraction of sp³-hybridized carbons (Fsp3) is 0.278. The van der Waals surface area contributed by atoms with Gasteiger partial charge in [0.05, 0.1) is 0 Å². The van der Waals surface area contributed by atoms with Gasteiger partial charge in [-0.25, -0.2) is 4.79 Å². The standard InChI is InChI=1S/C18H18BrClN2O/c1-12-10-14(19)4-7-16(12)22-17(23)21-11-18(8-9-18)13-2-5-15(20)6-3-13/h2-7,10H,8-9,11H2,1H3,(H2,21,22,23). The van der Waals surface area contributed by atoms with Gasteiger partial charge in [-0.1, -0.05) is 39.7 Å². The van der Waals surface area contributed by atoms with Crippen molar-refractivity contribution >= 4 is 39.2 Å². The first-order valence-corrected chi connectivity index (χ1v) is 8.73. The zero-order valence-corrected chi connectivity index (χ0v) is 15.2. The van der Waals surface area contributed by atoms with Crippen LogP contribution >= 0.6 is 27.5 Å². The number of benzene rings is 2.